The summed E-state index contributed by atoms with van der Waals surface area (Å²) in [5.74, 6) is 0. The van der Waals surface area contributed by atoms with Crippen LogP contribution >= 0.6 is 50.7 Å². The lowest BCUT2D eigenvalue weighted by atomic mass is 10.1. The summed E-state index contributed by atoms with van der Waals surface area (Å²) in [7, 11) is 0. The molecule has 0 radical (unpaired) electrons. The smallest absolute Gasteiger partial charge is 0.361 e. The number of rotatable bonds is 4. The van der Waals surface area contributed by atoms with E-state index in [1.807, 2.05) is 0 Å². The second-order valence-electron chi connectivity index (χ2n) is 4.80. The van der Waals surface area contributed by atoms with Crippen LogP contribution in [-0.2, 0) is 17.6 Å². The summed E-state index contributed by atoms with van der Waals surface area (Å²) >= 11 is 20.7. The van der Waals surface area contributed by atoms with Crippen molar-refractivity contribution in [3.05, 3.63) is 42.9 Å². The highest BCUT2D eigenvalue weighted by molar-refractivity contribution is 9.10. The summed E-state index contributed by atoms with van der Waals surface area (Å²) in [6.07, 6.45) is -4.71. The molecule has 1 heterocycles. The minimum absolute atomic E-state index is 0.0179. The van der Waals surface area contributed by atoms with Crippen molar-refractivity contribution >= 4 is 50.7 Å². The molecule has 0 unspecified atom stereocenters. The molecular formula is C15H9BrCl3F3N2O. The Morgan fingerprint density at radius 2 is 1.80 bits per heavy atom. The standard InChI is InChI=1S/C15H9BrCl3F3N2O/c1-2-25-6-24-13(7-3-9(17)12(19)10(18)4-7)8(5-23)11(16)14(24)15(20,21)22/h3-4H,2,6H2,1H3. The number of nitriles is 1. The molecule has 0 bridgehead atoms. The predicted octanol–water partition coefficient (Wildman–Crippen LogP) is 6.76. The van der Waals surface area contributed by atoms with Crippen LogP contribution in [-0.4, -0.2) is 11.2 Å². The van der Waals surface area contributed by atoms with Gasteiger partial charge in [-0.15, -0.1) is 0 Å². The highest BCUT2D eigenvalue weighted by atomic mass is 79.9. The number of hydrogen-bond acceptors (Lipinski definition) is 2. The maximum atomic E-state index is 13.5. The van der Waals surface area contributed by atoms with E-state index in [4.69, 9.17) is 39.5 Å². The zero-order chi connectivity index (χ0) is 18.9. The summed E-state index contributed by atoms with van der Waals surface area (Å²) in [5.41, 5.74) is -1.04. The Hall–Kier alpha value is -0.910. The van der Waals surface area contributed by atoms with Crippen molar-refractivity contribution < 1.29 is 17.9 Å². The summed E-state index contributed by atoms with van der Waals surface area (Å²) in [5, 5.41) is 9.58. The Balaban J connectivity index is 2.87. The number of ether oxygens (including phenoxy) is 1. The van der Waals surface area contributed by atoms with E-state index in [-0.39, 0.29) is 43.0 Å². The van der Waals surface area contributed by atoms with Crippen LogP contribution in [0.25, 0.3) is 11.3 Å². The second kappa shape index (κ2) is 7.77. The van der Waals surface area contributed by atoms with Crippen LogP contribution in [0.4, 0.5) is 13.2 Å². The fourth-order valence-electron chi connectivity index (χ4n) is 2.27. The molecule has 0 atom stereocenters. The Kier molecular flexibility index (Phi) is 6.34. The van der Waals surface area contributed by atoms with Crippen molar-refractivity contribution in [1.82, 2.24) is 4.57 Å². The molecule has 134 valence electrons. The third kappa shape index (κ3) is 3.93. The maximum Gasteiger partial charge on any atom is 0.432 e. The van der Waals surface area contributed by atoms with Crippen molar-refractivity contribution in [1.29, 1.82) is 5.26 Å². The fourth-order valence-corrected chi connectivity index (χ4v) is 3.58. The lowest BCUT2D eigenvalue weighted by Crippen LogP contribution is -2.16. The highest BCUT2D eigenvalue weighted by Crippen LogP contribution is 2.44. The molecule has 2 rings (SSSR count). The van der Waals surface area contributed by atoms with Crippen LogP contribution < -0.4 is 0 Å². The number of aromatic nitrogens is 1. The lowest BCUT2D eigenvalue weighted by molar-refractivity contribution is -0.146. The number of alkyl halides is 3. The Morgan fingerprint density at radius 1 is 1.24 bits per heavy atom. The molecule has 10 heteroatoms. The van der Waals surface area contributed by atoms with E-state index in [1.165, 1.54) is 12.1 Å². The van der Waals surface area contributed by atoms with Crippen molar-refractivity contribution in [2.75, 3.05) is 6.61 Å². The van der Waals surface area contributed by atoms with Gasteiger partial charge in [0.05, 0.1) is 30.8 Å². The van der Waals surface area contributed by atoms with Crippen LogP contribution in [0.2, 0.25) is 15.1 Å². The number of benzene rings is 1. The first kappa shape index (κ1) is 20.4. The van der Waals surface area contributed by atoms with Gasteiger partial charge in [-0.3, -0.25) is 0 Å². The first-order chi connectivity index (χ1) is 11.6. The van der Waals surface area contributed by atoms with Gasteiger partial charge in [-0.1, -0.05) is 34.8 Å². The Bertz CT molecular complexity index is 836. The van der Waals surface area contributed by atoms with Gasteiger partial charge < -0.3 is 9.30 Å². The molecule has 2 aromatic rings. The van der Waals surface area contributed by atoms with Crippen LogP contribution in [0.1, 0.15) is 18.2 Å². The molecule has 0 aliphatic rings. The van der Waals surface area contributed by atoms with E-state index < -0.39 is 18.6 Å². The van der Waals surface area contributed by atoms with Crippen molar-refractivity contribution in [3.8, 4) is 17.3 Å². The molecule has 25 heavy (non-hydrogen) atoms. The first-order valence-corrected chi connectivity index (χ1v) is 8.68. The number of hydrogen-bond donors (Lipinski definition) is 0. The van der Waals surface area contributed by atoms with Gasteiger partial charge in [0.1, 0.15) is 18.5 Å². The van der Waals surface area contributed by atoms with Crippen molar-refractivity contribution in [2.24, 2.45) is 0 Å². The van der Waals surface area contributed by atoms with Gasteiger partial charge in [0.15, 0.2) is 0 Å². The minimum Gasteiger partial charge on any atom is -0.361 e. The van der Waals surface area contributed by atoms with Gasteiger partial charge in [-0.05, 0) is 35.0 Å². The molecule has 3 nitrogen and oxygen atoms in total. The second-order valence-corrected chi connectivity index (χ2v) is 6.78. The van der Waals surface area contributed by atoms with Gasteiger partial charge in [-0.25, -0.2) is 0 Å². The monoisotopic (exact) mass is 474 g/mol. The van der Waals surface area contributed by atoms with Crippen molar-refractivity contribution in [2.45, 2.75) is 19.8 Å². The van der Waals surface area contributed by atoms with Gasteiger partial charge in [0.25, 0.3) is 0 Å². The van der Waals surface area contributed by atoms with E-state index in [9.17, 15) is 18.4 Å². The molecule has 0 saturated carbocycles. The van der Waals surface area contributed by atoms with Crippen LogP contribution in [0, 0.1) is 11.3 Å². The topological polar surface area (TPSA) is 38.0 Å². The summed E-state index contributed by atoms with van der Waals surface area (Å²) in [4.78, 5) is 0. The fraction of sp³-hybridized carbons (Fsp3) is 0.267. The number of nitrogens with zero attached hydrogens (tertiary/aromatic N) is 2. The summed E-state index contributed by atoms with van der Waals surface area (Å²) in [6, 6.07) is 4.48. The van der Waals surface area contributed by atoms with E-state index in [0.717, 1.165) is 4.57 Å². The number of halogens is 7. The maximum absolute atomic E-state index is 13.5. The zero-order valence-corrected chi connectivity index (χ0v) is 16.4. The van der Waals surface area contributed by atoms with Crippen LogP contribution in [0.15, 0.2) is 16.6 Å². The summed E-state index contributed by atoms with van der Waals surface area (Å²) < 4.78 is 46.2. The van der Waals surface area contributed by atoms with Crippen molar-refractivity contribution in [3.63, 3.8) is 0 Å². The van der Waals surface area contributed by atoms with Gasteiger partial charge >= 0.3 is 6.18 Å². The third-order valence-corrected chi connectivity index (χ3v) is 5.24. The molecule has 0 aliphatic carbocycles. The van der Waals surface area contributed by atoms with Gasteiger partial charge in [0.2, 0.25) is 0 Å². The largest absolute Gasteiger partial charge is 0.432 e. The molecule has 0 saturated heterocycles. The molecule has 0 amide bonds. The van der Waals surface area contributed by atoms with E-state index >= 15 is 0 Å². The van der Waals surface area contributed by atoms with E-state index in [1.54, 1.807) is 13.0 Å². The van der Waals surface area contributed by atoms with Gasteiger partial charge in [0, 0.05) is 12.2 Å². The normalized spacial score (nSPS) is 11.6. The molecule has 0 fully saturated rings. The molecule has 1 aromatic carbocycles. The van der Waals surface area contributed by atoms with Gasteiger partial charge in [-0.2, -0.15) is 18.4 Å². The highest BCUT2D eigenvalue weighted by Gasteiger charge is 2.41. The molecule has 1 aromatic heterocycles. The minimum atomic E-state index is -4.71. The average Bonchev–Trinajstić information content (AvgIpc) is 2.81. The molecular weight excluding hydrogens is 467 g/mol. The average molecular weight is 477 g/mol. The predicted molar refractivity (Wildman–Crippen MR) is 93.9 cm³/mol. The molecule has 0 aliphatic heterocycles. The quantitative estimate of drug-likeness (QED) is 0.457. The van der Waals surface area contributed by atoms with E-state index in [2.05, 4.69) is 15.9 Å². The third-order valence-electron chi connectivity index (χ3n) is 3.27. The first-order valence-electron chi connectivity index (χ1n) is 6.75. The SMILES string of the molecule is CCOCn1c(-c2cc(Cl)c(Cl)c(Cl)c2)c(C#N)c(Br)c1C(F)(F)F. The molecule has 0 spiro atoms. The summed E-state index contributed by atoms with van der Waals surface area (Å²) in [6.45, 7) is 1.43. The zero-order valence-electron chi connectivity index (χ0n) is 12.5. The van der Waals surface area contributed by atoms with E-state index in [0.29, 0.717) is 0 Å². The van der Waals surface area contributed by atoms with Crippen LogP contribution in [0.3, 0.4) is 0 Å². The Labute approximate surface area is 165 Å². The van der Waals surface area contributed by atoms with Crippen LogP contribution in [0.5, 0.6) is 0 Å². The molecule has 0 N–H and O–H groups in total. The lowest BCUT2D eigenvalue weighted by Gasteiger charge is -2.16. The Morgan fingerprint density at radius 3 is 2.24 bits per heavy atom.